The third-order valence-corrected chi connectivity index (χ3v) is 5.67. The molecule has 0 spiro atoms. The SMILES string of the molecule is Cn1nc(SCC(=O)N/N=C2/CCCC[C@@H]2c2ccccc2)c(=O)n(C)c1=O. The molecule has 1 fully saturated rings. The van der Waals surface area contributed by atoms with Crippen LogP contribution in [0.2, 0.25) is 0 Å². The Hall–Kier alpha value is -2.68. The third-order valence-electron chi connectivity index (χ3n) is 4.74. The van der Waals surface area contributed by atoms with Gasteiger partial charge in [-0.2, -0.15) is 10.2 Å². The van der Waals surface area contributed by atoms with E-state index in [1.165, 1.54) is 19.7 Å². The van der Waals surface area contributed by atoms with Crippen molar-refractivity contribution in [2.24, 2.45) is 19.2 Å². The van der Waals surface area contributed by atoms with Crippen LogP contribution in [0.3, 0.4) is 0 Å². The molecule has 2 aromatic rings. The lowest BCUT2D eigenvalue weighted by atomic mass is 9.82. The zero-order valence-corrected chi connectivity index (χ0v) is 16.7. The molecule has 3 rings (SSSR count). The number of hydrogen-bond donors (Lipinski definition) is 1. The van der Waals surface area contributed by atoms with Crippen LogP contribution in [0.1, 0.15) is 37.2 Å². The summed E-state index contributed by atoms with van der Waals surface area (Å²) in [5.74, 6) is -0.0964. The quantitative estimate of drug-likeness (QED) is 0.603. The van der Waals surface area contributed by atoms with E-state index in [4.69, 9.17) is 0 Å². The highest BCUT2D eigenvalue weighted by Gasteiger charge is 2.22. The van der Waals surface area contributed by atoms with Gasteiger partial charge in [-0.05, 0) is 24.8 Å². The van der Waals surface area contributed by atoms with Crippen molar-refractivity contribution in [3.8, 4) is 0 Å². The largest absolute Gasteiger partial charge is 0.346 e. The highest BCUT2D eigenvalue weighted by atomic mass is 32.2. The zero-order valence-electron chi connectivity index (χ0n) is 15.9. The van der Waals surface area contributed by atoms with Crippen LogP contribution in [0.5, 0.6) is 0 Å². The third kappa shape index (κ3) is 4.59. The van der Waals surface area contributed by atoms with Gasteiger partial charge in [0.25, 0.3) is 5.56 Å². The average molecular weight is 401 g/mol. The van der Waals surface area contributed by atoms with Gasteiger partial charge in [-0.25, -0.2) is 14.9 Å². The number of aromatic nitrogens is 3. The van der Waals surface area contributed by atoms with E-state index in [0.717, 1.165) is 52.4 Å². The van der Waals surface area contributed by atoms with Gasteiger partial charge < -0.3 is 0 Å². The van der Waals surface area contributed by atoms with Gasteiger partial charge in [-0.15, -0.1) is 0 Å². The number of carbonyl (C=O) groups is 1. The number of amides is 1. The van der Waals surface area contributed by atoms with Crippen molar-refractivity contribution in [3.63, 3.8) is 0 Å². The van der Waals surface area contributed by atoms with Crippen LogP contribution in [0, 0.1) is 0 Å². The van der Waals surface area contributed by atoms with E-state index < -0.39 is 11.2 Å². The van der Waals surface area contributed by atoms with Gasteiger partial charge in [0, 0.05) is 25.7 Å². The maximum atomic E-state index is 12.2. The normalized spacial score (nSPS) is 18.2. The van der Waals surface area contributed by atoms with Crippen molar-refractivity contribution in [2.75, 3.05) is 5.75 Å². The molecule has 28 heavy (non-hydrogen) atoms. The van der Waals surface area contributed by atoms with Gasteiger partial charge in [0.05, 0.1) is 5.75 Å². The molecule has 8 nitrogen and oxygen atoms in total. The summed E-state index contributed by atoms with van der Waals surface area (Å²) in [6, 6.07) is 10.2. The monoisotopic (exact) mass is 401 g/mol. The summed E-state index contributed by atoms with van der Waals surface area (Å²) in [5.41, 5.74) is 3.78. The number of thioether (sulfide) groups is 1. The zero-order chi connectivity index (χ0) is 20.1. The number of aryl methyl sites for hydroxylation is 1. The Morgan fingerprint density at radius 1 is 1.25 bits per heavy atom. The van der Waals surface area contributed by atoms with Crippen LogP contribution in [-0.4, -0.2) is 31.7 Å². The second kappa shape index (κ2) is 9.01. The molecule has 0 bridgehead atoms. The minimum atomic E-state index is -0.511. The molecule has 0 unspecified atom stereocenters. The summed E-state index contributed by atoms with van der Waals surface area (Å²) in [6.07, 6.45) is 4.08. The summed E-state index contributed by atoms with van der Waals surface area (Å²) >= 11 is 0.991. The van der Waals surface area contributed by atoms with E-state index in [9.17, 15) is 14.4 Å². The molecule has 9 heteroatoms. The van der Waals surface area contributed by atoms with Crippen molar-refractivity contribution in [2.45, 2.75) is 36.6 Å². The standard InChI is InChI=1S/C19H23N5O3S/c1-23-18(26)17(22-24(2)19(23)27)28-12-16(25)21-20-15-11-7-6-10-14(15)13-8-4-3-5-9-13/h3-5,8-9,14H,6-7,10-12H2,1-2H3,(H,21,25)/b20-15-/t14-/m1/s1. The van der Waals surface area contributed by atoms with Gasteiger partial charge in [-0.3, -0.25) is 14.2 Å². The molecule has 0 aliphatic heterocycles. The molecule has 1 heterocycles. The van der Waals surface area contributed by atoms with E-state index in [1.807, 2.05) is 18.2 Å². The highest BCUT2D eigenvalue weighted by molar-refractivity contribution is 7.99. The second-order valence-corrected chi connectivity index (χ2v) is 7.68. The molecular formula is C19H23N5O3S. The first-order chi connectivity index (χ1) is 13.5. The summed E-state index contributed by atoms with van der Waals surface area (Å²) in [6.45, 7) is 0. The second-order valence-electron chi connectivity index (χ2n) is 6.71. The van der Waals surface area contributed by atoms with Crippen LogP contribution < -0.4 is 16.7 Å². The minimum absolute atomic E-state index is 0.00672. The van der Waals surface area contributed by atoms with E-state index in [1.54, 1.807) is 0 Å². The molecule has 1 aromatic carbocycles. The molecule has 1 aliphatic rings. The van der Waals surface area contributed by atoms with Gasteiger partial charge in [-0.1, -0.05) is 48.5 Å². The van der Waals surface area contributed by atoms with Gasteiger partial charge in [0.1, 0.15) is 0 Å². The Morgan fingerprint density at radius 2 is 2.00 bits per heavy atom. The summed E-state index contributed by atoms with van der Waals surface area (Å²) in [5, 5.41) is 8.40. The van der Waals surface area contributed by atoms with Crippen molar-refractivity contribution < 1.29 is 4.79 Å². The van der Waals surface area contributed by atoms with E-state index in [0.29, 0.717) is 0 Å². The van der Waals surface area contributed by atoms with Crippen molar-refractivity contribution in [3.05, 3.63) is 56.7 Å². The average Bonchev–Trinajstić information content (AvgIpc) is 2.73. The Bertz CT molecular complexity index is 997. The van der Waals surface area contributed by atoms with Gasteiger partial charge >= 0.3 is 5.69 Å². The topological polar surface area (TPSA) is 98.3 Å². The number of rotatable bonds is 5. The Labute approximate surface area is 166 Å². The van der Waals surface area contributed by atoms with Crippen LogP contribution in [0.4, 0.5) is 0 Å². The Balaban J connectivity index is 1.65. The molecule has 0 radical (unpaired) electrons. The van der Waals surface area contributed by atoms with Crippen molar-refractivity contribution >= 4 is 23.4 Å². The lowest BCUT2D eigenvalue weighted by Crippen LogP contribution is -2.39. The van der Waals surface area contributed by atoms with Crippen LogP contribution in [-0.2, 0) is 18.9 Å². The molecule has 148 valence electrons. The molecule has 1 amide bonds. The summed E-state index contributed by atoms with van der Waals surface area (Å²) in [7, 11) is 2.85. The maximum Gasteiger partial charge on any atom is 0.346 e. The summed E-state index contributed by atoms with van der Waals surface area (Å²) < 4.78 is 2.05. The lowest BCUT2D eigenvalue weighted by molar-refractivity contribution is -0.118. The predicted molar refractivity (Wildman–Crippen MR) is 109 cm³/mol. The number of carbonyl (C=O) groups excluding carboxylic acids is 1. The van der Waals surface area contributed by atoms with Crippen molar-refractivity contribution in [1.82, 2.24) is 19.8 Å². The minimum Gasteiger partial charge on any atom is -0.272 e. The van der Waals surface area contributed by atoms with Crippen LogP contribution in [0.15, 0.2) is 50.0 Å². The van der Waals surface area contributed by atoms with E-state index in [-0.39, 0.29) is 22.6 Å². The smallest absolute Gasteiger partial charge is 0.272 e. The molecule has 1 aliphatic carbocycles. The Morgan fingerprint density at radius 3 is 2.75 bits per heavy atom. The first kappa shape index (κ1) is 20.1. The number of hydrogen-bond acceptors (Lipinski definition) is 6. The maximum absolute atomic E-state index is 12.2. The van der Waals surface area contributed by atoms with Gasteiger partial charge in [0.2, 0.25) is 5.91 Å². The molecule has 1 atom stereocenters. The number of benzene rings is 1. The summed E-state index contributed by atoms with van der Waals surface area (Å²) in [4.78, 5) is 35.9. The van der Waals surface area contributed by atoms with Crippen molar-refractivity contribution in [1.29, 1.82) is 0 Å². The number of nitrogens with zero attached hydrogens (tertiary/aromatic N) is 4. The lowest BCUT2D eigenvalue weighted by Gasteiger charge is -2.24. The highest BCUT2D eigenvalue weighted by Crippen LogP contribution is 2.30. The number of nitrogens with one attached hydrogen (secondary N) is 1. The van der Waals surface area contributed by atoms with Gasteiger partial charge in [0.15, 0.2) is 5.03 Å². The fourth-order valence-corrected chi connectivity index (χ4v) is 4.01. The molecule has 1 aromatic heterocycles. The van der Waals surface area contributed by atoms with Crippen LogP contribution >= 0.6 is 11.8 Å². The number of hydrazone groups is 1. The molecule has 0 saturated heterocycles. The first-order valence-corrected chi connectivity index (χ1v) is 10.1. The molecular weight excluding hydrogens is 378 g/mol. The fraction of sp³-hybridized carbons (Fsp3) is 0.421. The van der Waals surface area contributed by atoms with E-state index in [2.05, 4.69) is 27.8 Å². The predicted octanol–water partition coefficient (Wildman–Crippen LogP) is 1.40. The van der Waals surface area contributed by atoms with E-state index >= 15 is 0 Å². The molecule has 1 saturated carbocycles. The fourth-order valence-electron chi connectivity index (χ4n) is 3.23. The molecule has 1 N–H and O–H groups in total. The Kier molecular flexibility index (Phi) is 6.45. The van der Waals surface area contributed by atoms with Crippen LogP contribution in [0.25, 0.3) is 0 Å². The first-order valence-electron chi connectivity index (χ1n) is 9.14.